The molecule has 6 nitrogen and oxygen atoms in total. The Morgan fingerprint density at radius 1 is 1.07 bits per heavy atom. The smallest absolute Gasteiger partial charge is 0.339 e. The van der Waals surface area contributed by atoms with Crippen LogP contribution in [0.2, 0.25) is 0 Å². The lowest BCUT2D eigenvalue weighted by Gasteiger charge is -2.04. The van der Waals surface area contributed by atoms with Crippen molar-refractivity contribution >= 4 is 11.9 Å². The van der Waals surface area contributed by atoms with Crippen LogP contribution in [0.5, 0.6) is 11.5 Å². The van der Waals surface area contributed by atoms with E-state index < -0.39 is 28.9 Å². The quantitative estimate of drug-likeness (QED) is 0.493. The fourth-order valence-corrected chi connectivity index (χ4v) is 0.951. The zero-order valence-corrected chi connectivity index (χ0v) is 6.89. The van der Waals surface area contributed by atoms with Crippen molar-refractivity contribution in [1.82, 2.24) is 0 Å². The minimum absolute atomic E-state index is 0.326. The second kappa shape index (κ2) is 3.25. The van der Waals surface area contributed by atoms with Crippen LogP contribution < -0.4 is 5.73 Å². The summed E-state index contributed by atoms with van der Waals surface area (Å²) in [6.45, 7) is 0. The van der Waals surface area contributed by atoms with Gasteiger partial charge >= 0.3 is 5.97 Å². The van der Waals surface area contributed by atoms with Crippen molar-refractivity contribution < 1.29 is 24.9 Å². The molecule has 5 N–H and O–H groups in total. The predicted molar refractivity (Wildman–Crippen MR) is 45.2 cm³/mol. The number of amides is 1. The first-order valence-electron chi connectivity index (χ1n) is 3.53. The molecule has 1 aromatic carbocycles. The Kier molecular flexibility index (Phi) is 2.29. The SMILES string of the molecule is NC(=O)c1ccc(C(=O)O)c(O)c1O. The van der Waals surface area contributed by atoms with E-state index in [9.17, 15) is 14.7 Å². The number of benzene rings is 1. The van der Waals surface area contributed by atoms with E-state index in [0.29, 0.717) is 0 Å². The monoisotopic (exact) mass is 197 g/mol. The van der Waals surface area contributed by atoms with Crippen LogP contribution in [0.3, 0.4) is 0 Å². The molecular weight excluding hydrogens is 190 g/mol. The molecule has 0 spiro atoms. The van der Waals surface area contributed by atoms with Crippen LogP contribution in [0.25, 0.3) is 0 Å². The van der Waals surface area contributed by atoms with Crippen molar-refractivity contribution in [2.75, 3.05) is 0 Å². The maximum Gasteiger partial charge on any atom is 0.339 e. The molecule has 0 radical (unpaired) electrons. The van der Waals surface area contributed by atoms with Crippen molar-refractivity contribution in [2.24, 2.45) is 5.73 Å². The van der Waals surface area contributed by atoms with E-state index >= 15 is 0 Å². The molecule has 1 amide bonds. The Labute approximate surface area is 78.2 Å². The van der Waals surface area contributed by atoms with Crippen LogP contribution in [0.4, 0.5) is 0 Å². The summed E-state index contributed by atoms with van der Waals surface area (Å²) in [5, 5.41) is 26.9. The van der Waals surface area contributed by atoms with Gasteiger partial charge in [-0.3, -0.25) is 4.79 Å². The highest BCUT2D eigenvalue weighted by Crippen LogP contribution is 2.32. The van der Waals surface area contributed by atoms with Crippen molar-refractivity contribution in [1.29, 1.82) is 0 Å². The van der Waals surface area contributed by atoms with Crippen LogP contribution in [0, 0.1) is 0 Å². The molecule has 1 aromatic rings. The minimum atomic E-state index is -1.41. The van der Waals surface area contributed by atoms with Gasteiger partial charge in [-0.25, -0.2) is 4.79 Å². The highest BCUT2D eigenvalue weighted by Gasteiger charge is 2.18. The summed E-state index contributed by atoms with van der Waals surface area (Å²) in [5.74, 6) is -4.05. The number of nitrogens with two attached hydrogens (primary N) is 1. The average Bonchev–Trinajstić information content (AvgIpc) is 2.08. The number of hydrogen-bond donors (Lipinski definition) is 4. The Hall–Kier alpha value is -2.24. The van der Waals surface area contributed by atoms with Crippen LogP contribution in [-0.2, 0) is 0 Å². The predicted octanol–water partition coefficient (Wildman–Crippen LogP) is -0.105. The topological polar surface area (TPSA) is 121 Å². The van der Waals surface area contributed by atoms with Gasteiger partial charge in [-0.15, -0.1) is 0 Å². The third-order valence-corrected chi connectivity index (χ3v) is 1.65. The highest BCUT2D eigenvalue weighted by molar-refractivity contribution is 6.00. The molecule has 0 aliphatic heterocycles. The van der Waals surface area contributed by atoms with Crippen LogP contribution in [-0.4, -0.2) is 27.2 Å². The fourth-order valence-electron chi connectivity index (χ4n) is 0.951. The molecular formula is C8H7NO5. The Bertz CT molecular complexity index is 373. The first-order valence-corrected chi connectivity index (χ1v) is 3.53. The second-order valence-electron chi connectivity index (χ2n) is 2.53. The van der Waals surface area contributed by atoms with E-state index in [-0.39, 0.29) is 5.56 Å². The van der Waals surface area contributed by atoms with Crippen molar-refractivity contribution in [3.8, 4) is 11.5 Å². The summed E-state index contributed by atoms with van der Waals surface area (Å²) in [5.41, 5.74) is 4.03. The number of primary amides is 1. The van der Waals surface area contributed by atoms with E-state index in [0.717, 1.165) is 12.1 Å². The molecule has 0 bridgehead atoms. The van der Waals surface area contributed by atoms with Gasteiger partial charge in [-0.05, 0) is 12.1 Å². The van der Waals surface area contributed by atoms with Gasteiger partial charge in [0.15, 0.2) is 11.5 Å². The van der Waals surface area contributed by atoms with Gasteiger partial charge in [0.2, 0.25) is 0 Å². The standard InChI is InChI=1S/C8H7NO5/c9-7(12)3-1-2-4(8(13)14)6(11)5(3)10/h1-2,10-11H,(H2,9,12)(H,13,14). The van der Waals surface area contributed by atoms with Gasteiger partial charge in [0.1, 0.15) is 5.56 Å². The third kappa shape index (κ3) is 1.45. The molecule has 0 atom stereocenters. The maximum atomic E-state index is 10.7. The number of carboxylic acid groups (broad SMARTS) is 1. The maximum absolute atomic E-state index is 10.7. The number of aromatic hydroxyl groups is 2. The minimum Gasteiger partial charge on any atom is -0.504 e. The van der Waals surface area contributed by atoms with E-state index in [1.165, 1.54) is 0 Å². The summed E-state index contributed by atoms with van der Waals surface area (Å²) >= 11 is 0. The zero-order valence-electron chi connectivity index (χ0n) is 6.89. The number of phenols is 2. The first kappa shape index (κ1) is 9.85. The summed E-state index contributed by atoms with van der Waals surface area (Å²) in [6.07, 6.45) is 0. The molecule has 6 heteroatoms. The molecule has 0 saturated carbocycles. The van der Waals surface area contributed by atoms with Crippen molar-refractivity contribution in [2.45, 2.75) is 0 Å². The van der Waals surface area contributed by atoms with E-state index in [1.54, 1.807) is 0 Å². The molecule has 0 aliphatic rings. The van der Waals surface area contributed by atoms with Crippen LogP contribution in [0.1, 0.15) is 20.7 Å². The Balaban J connectivity index is 3.41. The number of carbonyl (C=O) groups is 2. The van der Waals surface area contributed by atoms with Gasteiger partial charge in [0, 0.05) is 0 Å². The third-order valence-electron chi connectivity index (χ3n) is 1.65. The summed E-state index contributed by atoms with van der Waals surface area (Å²) in [7, 11) is 0. The normalized spacial score (nSPS) is 9.71. The average molecular weight is 197 g/mol. The highest BCUT2D eigenvalue weighted by atomic mass is 16.4. The van der Waals surface area contributed by atoms with E-state index in [2.05, 4.69) is 0 Å². The van der Waals surface area contributed by atoms with Gasteiger partial charge in [-0.2, -0.15) is 0 Å². The summed E-state index contributed by atoms with van der Waals surface area (Å²) in [6, 6.07) is 2.01. The van der Waals surface area contributed by atoms with E-state index in [1.807, 2.05) is 0 Å². The molecule has 0 aromatic heterocycles. The molecule has 0 fully saturated rings. The molecule has 1 rings (SSSR count). The summed E-state index contributed by atoms with van der Waals surface area (Å²) < 4.78 is 0. The molecule has 74 valence electrons. The van der Waals surface area contributed by atoms with Gasteiger partial charge < -0.3 is 21.1 Å². The van der Waals surface area contributed by atoms with Gasteiger partial charge in [0.05, 0.1) is 5.56 Å². The zero-order chi connectivity index (χ0) is 10.9. The number of rotatable bonds is 2. The molecule has 0 saturated heterocycles. The van der Waals surface area contributed by atoms with Gasteiger partial charge in [-0.1, -0.05) is 0 Å². The molecule has 0 unspecified atom stereocenters. The molecule has 14 heavy (non-hydrogen) atoms. The Morgan fingerprint density at radius 3 is 1.93 bits per heavy atom. The lowest BCUT2D eigenvalue weighted by molar-refractivity contribution is 0.0692. The van der Waals surface area contributed by atoms with Crippen LogP contribution in [0.15, 0.2) is 12.1 Å². The number of hydrogen-bond acceptors (Lipinski definition) is 4. The Morgan fingerprint density at radius 2 is 1.50 bits per heavy atom. The van der Waals surface area contributed by atoms with Gasteiger partial charge in [0.25, 0.3) is 5.91 Å². The first-order chi connectivity index (χ1) is 6.45. The largest absolute Gasteiger partial charge is 0.504 e. The number of carboxylic acids is 1. The van der Waals surface area contributed by atoms with Crippen LogP contribution >= 0.6 is 0 Å². The van der Waals surface area contributed by atoms with Crippen molar-refractivity contribution in [3.63, 3.8) is 0 Å². The van der Waals surface area contributed by atoms with E-state index in [4.69, 9.17) is 15.9 Å². The van der Waals surface area contributed by atoms with Crippen molar-refractivity contribution in [3.05, 3.63) is 23.3 Å². The lowest BCUT2D eigenvalue weighted by atomic mass is 10.1. The number of aromatic carboxylic acids is 1. The fraction of sp³-hybridized carbons (Fsp3) is 0. The molecule has 0 heterocycles. The number of carbonyl (C=O) groups excluding carboxylic acids is 1. The summed E-state index contributed by atoms with van der Waals surface area (Å²) in [4.78, 5) is 21.1. The lowest BCUT2D eigenvalue weighted by Crippen LogP contribution is -2.11. The second-order valence-corrected chi connectivity index (χ2v) is 2.53. The molecule has 0 aliphatic carbocycles.